The smallest absolute Gasteiger partial charge is 0.127 e. The van der Waals surface area contributed by atoms with Gasteiger partial charge in [0.25, 0.3) is 0 Å². The molecule has 0 spiro atoms. The van der Waals surface area contributed by atoms with Crippen molar-refractivity contribution in [3.63, 3.8) is 0 Å². The third-order valence-electron chi connectivity index (χ3n) is 4.84. The van der Waals surface area contributed by atoms with Crippen molar-refractivity contribution in [2.45, 2.75) is 58.7 Å². The summed E-state index contributed by atoms with van der Waals surface area (Å²) in [6.45, 7) is 6.19. The first-order valence-corrected chi connectivity index (χ1v) is 8.03. The number of hydrogen-bond donors (Lipinski definition) is 1. The summed E-state index contributed by atoms with van der Waals surface area (Å²) in [6.07, 6.45) is 4.98. The monoisotopic (exact) mass is 292 g/mol. The van der Waals surface area contributed by atoms with Crippen molar-refractivity contribution in [2.24, 2.45) is 5.41 Å². The van der Waals surface area contributed by atoms with Crippen LogP contribution < -0.4 is 5.32 Å². The van der Waals surface area contributed by atoms with E-state index in [4.69, 9.17) is 0 Å². The molecule has 0 aromatic heterocycles. The molecule has 2 rings (SSSR count). The zero-order chi connectivity index (χ0) is 15.5. The molecule has 1 saturated carbocycles. The fraction of sp³-hybridized carbons (Fsp3) is 0.667. The lowest BCUT2D eigenvalue weighted by Crippen LogP contribution is -2.37. The van der Waals surface area contributed by atoms with Crippen molar-refractivity contribution in [1.29, 1.82) is 0 Å². The van der Waals surface area contributed by atoms with E-state index in [-0.39, 0.29) is 5.82 Å². The standard InChI is InChI=1S/C18H29FN2/c1-18(2)9-7-16(8-10-18)21(4)13-15-11-14(12-20-3)5-6-17(15)19/h5-6,11,16,20H,7-10,12-13H2,1-4H3. The zero-order valence-electron chi connectivity index (χ0n) is 13.9. The van der Waals surface area contributed by atoms with Gasteiger partial charge in [-0.15, -0.1) is 0 Å². The van der Waals surface area contributed by atoms with E-state index in [1.54, 1.807) is 6.07 Å². The fourth-order valence-corrected chi connectivity index (χ4v) is 3.29. The number of nitrogens with one attached hydrogen (secondary N) is 1. The molecular formula is C18H29FN2. The molecule has 0 saturated heterocycles. The van der Waals surface area contributed by atoms with Crippen molar-refractivity contribution in [3.05, 3.63) is 35.1 Å². The Labute approximate surface area is 128 Å². The van der Waals surface area contributed by atoms with Crippen LogP contribution in [-0.2, 0) is 13.1 Å². The van der Waals surface area contributed by atoms with E-state index < -0.39 is 0 Å². The Morgan fingerprint density at radius 1 is 1.29 bits per heavy atom. The Morgan fingerprint density at radius 3 is 2.57 bits per heavy atom. The maximum absolute atomic E-state index is 14.0. The second-order valence-electron chi connectivity index (χ2n) is 7.27. The van der Waals surface area contributed by atoms with Crippen LogP contribution in [-0.4, -0.2) is 25.0 Å². The molecule has 0 bridgehead atoms. The van der Waals surface area contributed by atoms with Gasteiger partial charge in [0.1, 0.15) is 5.82 Å². The van der Waals surface area contributed by atoms with Crippen molar-refractivity contribution in [3.8, 4) is 0 Å². The lowest BCUT2D eigenvalue weighted by molar-refractivity contribution is 0.122. The molecule has 0 heterocycles. The van der Waals surface area contributed by atoms with E-state index in [0.717, 1.165) is 17.7 Å². The minimum Gasteiger partial charge on any atom is -0.316 e. The van der Waals surface area contributed by atoms with Gasteiger partial charge in [0.05, 0.1) is 0 Å². The maximum atomic E-state index is 14.0. The van der Waals surface area contributed by atoms with E-state index in [9.17, 15) is 4.39 Å². The van der Waals surface area contributed by atoms with Gasteiger partial charge in [-0.05, 0) is 56.8 Å². The van der Waals surface area contributed by atoms with Crippen LogP contribution in [0.2, 0.25) is 0 Å². The van der Waals surface area contributed by atoms with Crippen LogP contribution in [0.4, 0.5) is 4.39 Å². The van der Waals surface area contributed by atoms with Gasteiger partial charge in [0.15, 0.2) is 0 Å². The molecule has 1 fully saturated rings. The highest BCUT2D eigenvalue weighted by molar-refractivity contribution is 5.25. The molecule has 3 heteroatoms. The minimum absolute atomic E-state index is 0.0853. The fourth-order valence-electron chi connectivity index (χ4n) is 3.29. The van der Waals surface area contributed by atoms with E-state index in [0.29, 0.717) is 18.0 Å². The third kappa shape index (κ3) is 4.52. The van der Waals surface area contributed by atoms with Crippen molar-refractivity contribution < 1.29 is 4.39 Å². The van der Waals surface area contributed by atoms with Gasteiger partial charge in [0.2, 0.25) is 0 Å². The summed E-state index contributed by atoms with van der Waals surface area (Å²) in [5.74, 6) is -0.0853. The quantitative estimate of drug-likeness (QED) is 0.884. The molecule has 0 amide bonds. The first kappa shape index (κ1) is 16.4. The van der Waals surface area contributed by atoms with Crippen LogP contribution in [0.1, 0.15) is 50.7 Å². The molecule has 118 valence electrons. The van der Waals surface area contributed by atoms with Gasteiger partial charge in [-0.25, -0.2) is 4.39 Å². The Hall–Kier alpha value is -0.930. The van der Waals surface area contributed by atoms with Crippen LogP contribution in [0, 0.1) is 11.2 Å². The average molecular weight is 292 g/mol. The first-order valence-electron chi connectivity index (χ1n) is 8.03. The number of rotatable bonds is 5. The summed E-state index contributed by atoms with van der Waals surface area (Å²) in [5, 5.41) is 3.12. The summed E-state index contributed by atoms with van der Waals surface area (Å²) in [6, 6.07) is 6.04. The van der Waals surface area contributed by atoms with Crippen molar-refractivity contribution in [2.75, 3.05) is 14.1 Å². The molecule has 2 nitrogen and oxygen atoms in total. The van der Waals surface area contributed by atoms with Crippen LogP contribution in [0.3, 0.4) is 0 Å². The predicted molar refractivity (Wildman–Crippen MR) is 86.7 cm³/mol. The lowest BCUT2D eigenvalue weighted by atomic mass is 9.75. The zero-order valence-corrected chi connectivity index (χ0v) is 13.9. The minimum atomic E-state index is -0.0853. The Balaban J connectivity index is 1.99. The Kier molecular flexibility index (Phi) is 5.39. The largest absolute Gasteiger partial charge is 0.316 e. The topological polar surface area (TPSA) is 15.3 Å². The second kappa shape index (κ2) is 6.89. The van der Waals surface area contributed by atoms with Gasteiger partial charge in [-0.2, -0.15) is 0 Å². The van der Waals surface area contributed by atoms with Gasteiger partial charge in [0, 0.05) is 24.7 Å². The number of benzene rings is 1. The molecule has 0 unspecified atom stereocenters. The van der Waals surface area contributed by atoms with Crippen molar-refractivity contribution in [1.82, 2.24) is 10.2 Å². The predicted octanol–water partition coefficient (Wildman–Crippen LogP) is 3.95. The maximum Gasteiger partial charge on any atom is 0.127 e. The number of hydrogen-bond acceptors (Lipinski definition) is 2. The molecule has 1 aliphatic carbocycles. The molecule has 0 aliphatic heterocycles. The highest BCUT2D eigenvalue weighted by Crippen LogP contribution is 2.36. The average Bonchev–Trinajstić information content (AvgIpc) is 2.42. The summed E-state index contributed by atoms with van der Waals surface area (Å²) >= 11 is 0. The molecule has 1 aliphatic rings. The van der Waals surface area contributed by atoms with Crippen LogP contribution in [0.25, 0.3) is 0 Å². The molecule has 0 radical (unpaired) electrons. The molecular weight excluding hydrogens is 263 g/mol. The number of nitrogens with zero attached hydrogens (tertiary/aromatic N) is 1. The summed E-state index contributed by atoms with van der Waals surface area (Å²) < 4.78 is 14.0. The van der Waals surface area contributed by atoms with Crippen molar-refractivity contribution >= 4 is 0 Å². The SMILES string of the molecule is CNCc1ccc(F)c(CN(C)C2CCC(C)(C)CC2)c1. The van der Waals surface area contributed by atoms with Gasteiger partial charge >= 0.3 is 0 Å². The van der Waals surface area contributed by atoms with Crippen LogP contribution >= 0.6 is 0 Å². The summed E-state index contributed by atoms with van der Waals surface area (Å²) in [7, 11) is 4.05. The van der Waals surface area contributed by atoms with Crippen LogP contribution in [0.15, 0.2) is 18.2 Å². The summed E-state index contributed by atoms with van der Waals surface area (Å²) in [4.78, 5) is 2.33. The van der Waals surface area contributed by atoms with Crippen LogP contribution in [0.5, 0.6) is 0 Å². The molecule has 0 atom stereocenters. The summed E-state index contributed by atoms with van der Waals surface area (Å²) in [5.41, 5.74) is 2.44. The molecule has 1 aromatic rings. The van der Waals surface area contributed by atoms with Gasteiger partial charge < -0.3 is 5.32 Å². The highest BCUT2D eigenvalue weighted by atomic mass is 19.1. The molecule has 1 aromatic carbocycles. The highest BCUT2D eigenvalue weighted by Gasteiger charge is 2.28. The van der Waals surface area contributed by atoms with Gasteiger partial charge in [-0.3, -0.25) is 4.90 Å². The van der Waals surface area contributed by atoms with E-state index in [2.05, 4.69) is 31.1 Å². The number of halogens is 1. The molecule has 21 heavy (non-hydrogen) atoms. The third-order valence-corrected chi connectivity index (χ3v) is 4.84. The lowest BCUT2D eigenvalue weighted by Gasteiger charge is -2.38. The Bertz CT molecular complexity index is 460. The normalized spacial score (nSPS) is 19.1. The van der Waals surface area contributed by atoms with E-state index in [1.807, 2.05) is 19.2 Å². The van der Waals surface area contributed by atoms with E-state index >= 15 is 0 Å². The first-order chi connectivity index (χ1) is 9.91. The Morgan fingerprint density at radius 2 is 1.95 bits per heavy atom. The van der Waals surface area contributed by atoms with E-state index in [1.165, 1.54) is 25.7 Å². The second-order valence-corrected chi connectivity index (χ2v) is 7.27. The van der Waals surface area contributed by atoms with Gasteiger partial charge in [-0.1, -0.05) is 26.0 Å². The molecule has 1 N–H and O–H groups in total.